The van der Waals surface area contributed by atoms with Crippen molar-refractivity contribution in [1.82, 2.24) is 10.2 Å². The number of anilines is 1. The molecule has 2 aromatic rings. The van der Waals surface area contributed by atoms with E-state index in [2.05, 4.69) is 5.32 Å². The zero-order chi connectivity index (χ0) is 23.9. The summed E-state index contributed by atoms with van der Waals surface area (Å²) in [7, 11) is -2.13. The zero-order valence-corrected chi connectivity index (χ0v) is 19.8. The maximum absolute atomic E-state index is 13.2. The van der Waals surface area contributed by atoms with E-state index < -0.39 is 21.9 Å². The van der Waals surface area contributed by atoms with Gasteiger partial charge in [-0.25, -0.2) is 12.8 Å². The molecule has 0 saturated carbocycles. The van der Waals surface area contributed by atoms with Crippen molar-refractivity contribution in [3.63, 3.8) is 0 Å². The summed E-state index contributed by atoms with van der Waals surface area (Å²) in [5.41, 5.74) is 1.13. The van der Waals surface area contributed by atoms with Gasteiger partial charge in [-0.2, -0.15) is 0 Å². The van der Waals surface area contributed by atoms with Crippen LogP contribution in [-0.4, -0.2) is 51.0 Å². The van der Waals surface area contributed by atoms with Crippen molar-refractivity contribution in [1.29, 1.82) is 0 Å². The number of amides is 2. The Bertz CT molecular complexity index is 1030. The summed E-state index contributed by atoms with van der Waals surface area (Å²) in [6, 6.07) is 11.4. The lowest BCUT2D eigenvalue weighted by molar-refractivity contribution is -0.140. The van der Waals surface area contributed by atoms with Crippen molar-refractivity contribution in [2.45, 2.75) is 32.4 Å². The van der Waals surface area contributed by atoms with E-state index in [1.54, 1.807) is 31.2 Å². The fraction of sp³-hybridized carbons (Fsp3) is 0.364. The van der Waals surface area contributed by atoms with Crippen molar-refractivity contribution < 1.29 is 22.4 Å². The van der Waals surface area contributed by atoms with Gasteiger partial charge < -0.3 is 10.2 Å². The molecule has 0 aliphatic carbocycles. The molecule has 2 aromatic carbocycles. The number of carbonyl (C=O) groups is 2. The first kappa shape index (κ1) is 25.6. The fourth-order valence-electron chi connectivity index (χ4n) is 3.19. The van der Waals surface area contributed by atoms with Crippen molar-refractivity contribution in [2.75, 3.05) is 24.2 Å². The summed E-state index contributed by atoms with van der Waals surface area (Å²) >= 11 is 5.92. The van der Waals surface area contributed by atoms with Crippen molar-refractivity contribution in [3.05, 3.63) is 64.9 Å². The van der Waals surface area contributed by atoms with Crippen LogP contribution in [-0.2, 0) is 26.2 Å². The van der Waals surface area contributed by atoms with Gasteiger partial charge in [0.15, 0.2) is 0 Å². The molecule has 32 heavy (non-hydrogen) atoms. The maximum Gasteiger partial charge on any atom is 0.242 e. The maximum atomic E-state index is 13.2. The zero-order valence-electron chi connectivity index (χ0n) is 18.2. The van der Waals surface area contributed by atoms with Crippen molar-refractivity contribution in [3.8, 4) is 0 Å². The Morgan fingerprint density at radius 1 is 1.09 bits per heavy atom. The summed E-state index contributed by atoms with van der Waals surface area (Å²) in [5, 5.41) is 3.11. The van der Waals surface area contributed by atoms with E-state index in [0.717, 1.165) is 16.1 Å². The Morgan fingerprint density at radius 2 is 1.69 bits per heavy atom. The smallest absolute Gasteiger partial charge is 0.242 e. The molecule has 0 aromatic heterocycles. The molecule has 1 atom stereocenters. The van der Waals surface area contributed by atoms with E-state index in [1.807, 2.05) is 0 Å². The second-order valence-electron chi connectivity index (χ2n) is 7.35. The van der Waals surface area contributed by atoms with Crippen LogP contribution in [0, 0.1) is 5.82 Å². The number of nitrogens with zero attached hydrogens (tertiary/aromatic N) is 2. The molecule has 0 fully saturated rings. The van der Waals surface area contributed by atoms with Gasteiger partial charge in [0.2, 0.25) is 21.8 Å². The summed E-state index contributed by atoms with van der Waals surface area (Å²) in [6.07, 6.45) is 1.31. The van der Waals surface area contributed by atoms with Crippen LogP contribution in [0.25, 0.3) is 0 Å². The van der Waals surface area contributed by atoms with Gasteiger partial charge in [-0.15, -0.1) is 0 Å². The van der Waals surface area contributed by atoms with Gasteiger partial charge in [-0.3, -0.25) is 13.9 Å². The SMILES string of the molecule is CNC(=O)[C@H](C)N(Cc1ccc(Cl)cc1)C(=O)CCCN(c1ccc(F)cc1)S(C)(=O)=O. The first-order valence-electron chi connectivity index (χ1n) is 10.0. The Hall–Kier alpha value is -2.65. The molecule has 0 unspecified atom stereocenters. The molecule has 174 valence electrons. The molecule has 0 aliphatic rings. The number of halogens is 2. The molecule has 0 spiro atoms. The molecule has 1 N–H and O–H groups in total. The van der Waals surface area contributed by atoms with Gasteiger partial charge in [-0.05, 0) is 55.3 Å². The topological polar surface area (TPSA) is 86.8 Å². The van der Waals surface area contributed by atoms with E-state index in [9.17, 15) is 22.4 Å². The van der Waals surface area contributed by atoms with E-state index in [-0.39, 0.29) is 37.7 Å². The number of likely N-dealkylation sites (N-methyl/N-ethyl adjacent to an activating group) is 1. The number of benzene rings is 2. The third-order valence-electron chi connectivity index (χ3n) is 4.95. The van der Waals surface area contributed by atoms with Crippen LogP contribution in [0.3, 0.4) is 0 Å². The predicted octanol–water partition coefficient (Wildman–Crippen LogP) is 3.19. The largest absolute Gasteiger partial charge is 0.357 e. The lowest BCUT2D eigenvalue weighted by Crippen LogP contribution is -2.46. The first-order chi connectivity index (χ1) is 15.0. The van der Waals surface area contributed by atoms with Gasteiger partial charge in [0, 0.05) is 31.6 Å². The van der Waals surface area contributed by atoms with Gasteiger partial charge in [0.1, 0.15) is 11.9 Å². The molecular weight excluding hydrogens is 457 g/mol. The Balaban J connectivity index is 2.12. The van der Waals surface area contributed by atoms with Crippen LogP contribution in [0.15, 0.2) is 48.5 Å². The monoisotopic (exact) mass is 483 g/mol. The lowest BCUT2D eigenvalue weighted by atomic mass is 10.1. The van der Waals surface area contributed by atoms with Crippen LogP contribution in [0.5, 0.6) is 0 Å². The number of hydrogen-bond donors (Lipinski definition) is 1. The van der Waals surface area contributed by atoms with Gasteiger partial charge >= 0.3 is 0 Å². The average Bonchev–Trinajstić information content (AvgIpc) is 2.75. The van der Waals surface area contributed by atoms with E-state index in [1.165, 1.54) is 36.2 Å². The highest BCUT2D eigenvalue weighted by Crippen LogP contribution is 2.20. The molecule has 0 bridgehead atoms. The quantitative estimate of drug-likeness (QED) is 0.562. The molecule has 2 amide bonds. The molecule has 0 saturated heterocycles. The molecule has 0 heterocycles. The van der Waals surface area contributed by atoms with Crippen molar-refractivity contribution in [2.24, 2.45) is 0 Å². The molecule has 0 aliphatic heterocycles. The van der Waals surface area contributed by atoms with Gasteiger partial charge in [0.25, 0.3) is 0 Å². The second kappa shape index (κ2) is 11.3. The summed E-state index contributed by atoms with van der Waals surface area (Å²) in [6.45, 7) is 1.88. The lowest BCUT2D eigenvalue weighted by Gasteiger charge is -2.29. The first-order valence-corrected chi connectivity index (χ1v) is 12.2. The minimum atomic E-state index is -3.63. The average molecular weight is 484 g/mol. The highest BCUT2D eigenvalue weighted by molar-refractivity contribution is 7.92. The van der Waals surface area contributed by atoms with Crippen LogP contribution in [0.1, 0.15) is 25.3 Å². The van der Waals surface area contributed by atoms with Crippen LogP contribution >= 0.6 is 11.6 Å². The number of nitrogens with one attached hydrogen (secondary N) is 1. The normalized spacial score (nSPS) is 12.2. The highest BCUT2D eigenvalue weighted by atomic mass is 35.5. The standard InChI is InChI=1S/C22H27ClFN3O4S/c1-16(22(29)25-2)26(15-17-6-8-18(23)9-7-17)21(28)5-4-14-27(32(3,30)31)20-12-10-19(24)11-13-20/h6-13,16H,4-5,14-15H2,1-3H3,(H,25,29)/t16-/m0/s1. The minimum absolute atomic E-state index is 0.0299. The summed E-state index contributed by atoms with van der Waals surface area (Å²) < 4.78 is 38.7. The van der Waals surface area contributed by atoms with E-state index in [4.69, 9.17) is 11.6 Å². The van der Waals surface area contributed by atoms with Gasteiger partial charge in [0.05, 0.1) is 11.9 Å². The van der Waals surface area contributed by atoms with Crippen LogP contribution in [0.2, 0.25) is 5.02 Å². The van der Waals surface area contributed by atoms with Crippen LogP contribution in [0.4, 0.5) is 10.1 Å². The number of sulfonamides is 1. The van der Waals surface area contributed by atoms with E-state index >= 15 is 0 Å². The predicted molar refractivity (Wildman–Crippen MR) is 123 cm³/mol. The van der Waals surface area contributed by atoms with Crippen LogP contribution < -0.4 is 9.62 Å². The Morgan fingerprint density at radius 3 is 2.22 bits per heavy atom. The third kappa shape index (κ3) is 7.20. The fourth-order valence-corrected chi connectivity index (χ4v) is 4.28. The van der Waals surface area contributed by atoms with Gasteiger partial charge in [-0.1, -0.05) is 23.7 Å². The van der Waals surface area contributed by atoms with E-state index in [0.29, 0.717) is 10.7 Å². The molecule has 2 rings (SSSR count). The third-order valence-corrected chi connectivity index (χ3v) is 6.39. The number of hydrogen-bond acceptors (Lipinski definition) is 4. The molecule has 10 heteroatoms. The van der Waals surface area contributed by atoms with Crippen molar-refractivity contribution >= 4 is 39.1 Å². The number of rotatable bonds is 10. The number of carbonyl (C=O) groups excluding carboxylic acids is 2. The molecule has 7 nitrogen and oxygen atoms in total. The molecule has 0 radical (unpaired) electrons. The Kier molecular flexibility index (Phi) is 9.03. The molecular formula is C22H27ClFN3O4S. The Labute approximate surface area is 193 Å². The minimum Gasteiger partial charge on any atom is -0.357 e. The highest BCUT2D eigenvalue weighted by Gasteiger charge is 2.26. The summed E-state index contributed by atoms with van der Waals surface area (Å²) in [5.74, 6) is -1.07. The summed E-state index contributed by atoms with van der Waals surface area (Å²) in [4.78, 5) is 26.6. The second-order valence-corrected chi connectivity index (χ2v) is 9.70.